The van der Waals surface area contributed by atoms with Crippen LogP contribution in [0.15, 0.2) is 50.6 Å². The summed E-state index contributed by atoms with van der Waals surface area (Å²) in [5.74, 6) is 0. The van der Waals surface area contributed by atoms with Gasteiger partial charge < -0.3 is 0 Å². The number of hydrogen-bond donors (Lipinski definition) is 0. The maximum Gasteiger partial charge on any atom is 0.0888 e. The first-order valence-electron chi connectivity index (χ1n) is 8.46. The highest BCUT2D eigenvalue weighted by Crippen LogP contribution is 2.77. The molecule has 0 N–H and O–H groups in total. The summed E-state index contributed by atoms with van der Waals surface area (Å²) in [6.07, 6.45) is 13.4. The molecule has 0 spiro atoms. The van der Waals surface area contributed by atoms with Gasteiger partial charge in [0.05, 0.1) is 22.6 Å². The zero-order valence-corrected chi connectivity index (χ0v) is 15.6. The van der Waals surface area contributed by atoms with Crippen molar-refractivity contribution in [2.24, 2.45) is 0 Å². The second-order valence-electron chi connectivity index (χ2n) is 5.74. The van der Waals surface area contributed by atoms with Crippen LogP contribution in [0.4, 0.5) is 0 Å². The number of rotatable bonds is 12. The van der Waals surface area contributed by atoms with E-state index in [2.05, 4.69) is 78.3 Å². The van der Waals surface area contributed by atoms with Crippen LogP contribution in [0.5, 0.6) is 0 Å². The van der Waals surface area contributed by atoms with Crippen molar-refractivity contribution in [2.45, 2.75) is 76.0 Å². The van der Waals surface area contributed by atoms with Gasteiger partial charge >= 0.3 is 0 Å². The minimum Gasteiger partial charge on any atom is -0.0992 e. The zero-order valence-electron chi connectivity index (χ0n) is 14.7. The Morgan fingerprint density at radius 2 is 0.762 bits per heavy atom. The fourth-order valence-corrected chi connectivity index (χ4v) is 11.1. The van der Waals surface area contributed by atoms with E-state index in [1.165, 1.54) is 0 Å². The van der Waals surface area contributed by atoms with Gasteiger partial charge in [-0.25, -0.2) is 0 Å². The van der Waals surface area contributed by atoms with Crippen molar-refractivity contribution in [3.8, 4) is 0 Å². The second kappa shape index (κ2) is 10.2. The predicted octanol–water partition coefficient (Wildman–Crippen LogP) is 6.86. The SMILES string of the molecule is C=CC(CC)[P+](C(C=C)CC)(C(C=C)CC)C(C=C)CC. The Balaban J connectivity index is 6.41. The van der Waals surface area contributed by atoms with Crippen LogP contribution in [-0.2, 0) is 0 Å². The predicted molar refractivity (Wildman–Crippen MR) is 104 cm³/mol. The molecule has 0 saturated carbocycles. The van der Waals surface area contributed by atoms with E-state index in [4.69, 9.17) is 0 Å². The van der Waals surface area contributed by atoms with E-state index in [0.717, 1.165) is 25.7 Å². The largest absolute Gasteiger partial charge is 0.0992 e. The van der Waals surface area contributed by atoms with Crippen LogP contribution in [-0.4, -0.2) is 22.6 Å². The molecule has 0 saturated heterocycles. The van der Waals surface area contributed by atoms with Gasteiger partial charge in [-0.15, -0.1) is 0 Å². The minimum absolute atomic E-state index is 0.561. The summed E-state index contributed by atoms with van der Waals surface area (Å²) in [5, 5.41) is 0. The summed E-state index contributed by atoms with van der Waals surface area (Å²) in [7, 11) is -1.41. The third kappa shape index (κ3) is 3.78. The molecule has 0 bridgehead atoms. The van der Waals surface area contributed by atoms with Crippen LogP contribution in [0.25, 0.3) is 0 Å². The van der Waals surface area contributed by atoms with Gasteiger partial charge in [-0.1, -0.05) is 78.3 Å². The molecule has 0 aromatic heterocycles. The molecule has 0 heterocycles. The van der Waals surface area contributed by atoms with Gasteiger partial charge in [0, 0.05) is 7.26 Å². The van der Waals surface area contributed by atoms with Crippen LogP contribution >= 0.6 is 7.26 Å². The van der Waals surface area contributed by atoms with Gasteiger partial charge in [-0.05, 0) is 25.7 Å². The quantitative estimate of drug-likeness (QED) is 0.273. The average molecular weight is 307 g/mol. The maximum absolute atomic E-state index is 4.18. The lowest BCUT2D eigenvalue weighted by molar-refractivity contribution is 0.795. The molecule has 4 unspecified atom stereocenters. The van der Waals surface area contributed by atoms with E-state index in [9.17, 15) is 0 Å². The summed E-state index contributed by atoms with van der Waals surface area (Å²) < 4.78 is 0. The van der Waals surface area contributed by atoms with Gasteiger partial charge in [0.15, 0.2) is 0 Å². The molecule has 0 aliphatic heterocycles. The van der Waals surface area contributed by atoms with Crippen molar-refractivity contribution < 1.29 is 0 Å². The van der Waals surface area contributed by atoms with Gasteiger partial charge in [0.2, 0.25) is 0 Å². The van der Waals surface area contributed by atoms with Crippen molar-refractivity contribution in [1.29, 1.82) is 0 Å². The van der Waals surface area contributed by atoms with Crippen molar-refractivity contribution in [3.05, 3.63) is 50.6 Å². The highest BCUT2D eigenvalue weighted by atomic mass is 31.2. The first kappa shape index (κ1) is 20.4. The lowest BCUT2D eigenvalue weighted by atomic mass is 10.3. The monoisotopic (exact) mass is 307 g/mol. The molecule has 0 radical (unpaired) electrons. The molecule has 0 aromatic rings. The molecule has 4 atom stereocenters. The number of hydrogen-bond acceptors (Lipinski definition) is 0. The normalized spacial score (nSPS) is 19.6. The first-order valence-corrected chi connectivity index (χ1v) is 10.5. The van der Waals surface area contributed by atoms with Gasteiger partial charge in [-0.2, -0.15) is 0 Å². The summed E-state index contributed by atoms with van der Waals surface area (Å²) in [5.41, 5.74) is 2.25. The molecular weight excluding hydrogens is 271 g/mol. The standard InChI is InChI=1S/C20H36P/c1-9-17(10-2)21(18(11-3)12-4,19(13-5)14-6)20(15-7)16-8/h9,11,13,15,17-20H,1,3,5,7,10,12,14,16H2,2,4,6,8H3/q+1. The van der Waals surface area contributed by atoms with Crippen molar-refractivity contribution in [3.63, 3.8) is 0 Å². The van der Waals surface area contributed by atoms with E-state index in [1.807, 2.05) is 0 Å². The summed E-state index contributed by atoms with van der Waals surface area (Å²) in [6.45, 7) is 25.9. The lowest BCUT2D eigenvalue weighted by Gasteiger charge is -2.46. The fourth-order valence-electron chi connectivity index (χ4n) is 4.14. The maximum atomic E-state index is 4.18. The highest BCUT2D eigenvalue weighted by Gasteiger charge is 2.56. The fraction of sp³-hybridized carbons (Fsp3) is 0.600. The molecule has 0 aromatic carbocycles. The second-order valence-corrected chi connectivity index (χ2v) is 10.2. The lowest BCUT2D eigenvalue weighted by Crippen LogP contribution is -2.36. The Hall–Kier alpha value is -0.610. The van der Waals surface area contributed by atoms with Crippen molar-refractivity contribution in [1.82, 2.24) is 0 Å². The van der Waals surface area contributed by atoms with Gasteiger partial charge in [-0.3, -0.25) is 0 Å². The molecule has 0 aliphatic rings. The molecule has 0 aliphatic carbocycles. The zero-order chi connectivity index (χ0) is 16.5. The smallest absolute Gasteiger partial charge is 0.0888 e. The Kier molecular flexibility index (Phi) is 9.88. The third-order valence-electron chi connectivity index (χ3n) is 5.06. The van der Waals surface area contributed by atoms with E-state index >= 15 is 0 Å². The van der Waals surface area contributed by atoms with E-state index < -0.39 is 7.26 Å². The van der Waals surface area contributed by atoms with E-state index in [0.29, 0.717) is 22.6 Å². The first-order chi connectivity index (χ1) is 10.1. The molecule has 0 amide bonds. The molecule has 0 fully saturated rings. The van der Waals surface area contributed by atoms with Gasteiger partial charge in [0.1, 0.15) is 0 Å². The average Bonchev–Trinajstić information content (AvgIpc) is 2.51. The van der Waals surface area contributed by atoms with Crippen molar-refractivity contribution >= 4 is 7.26 Å². The summed E-state index contributed by atoms with van der Waals surface area (Å²) in [6, 6.07) is 0. The Morgan fingerprint density at radius 1 is 0.571 bits per heavy atom. The topological polar surface area (TPSA) is 0 Å². The number of allylic oxidation sites excluding steroid dienone is 4. The molecule has 120 valence electrons. The van der Waals surface area contributed by atoms with Crippen molar-refractivity contribution in [2.75, 3.05) is 0 Å². The Bertz CT molecular complexity index is 272. The van der Waals surface area contributed by atoms with Crippen LogP contribution in [0, 0.1) is 0 Å². The Morgan fingerprint density at radius 3 is 0.857 bits per heavy atom. The molecular formula is C20H36P+. The van der Waals surface area contributed by atoms with Crippen LogP contribution < -0.4 is 0 Å². The molecule has 21 heavy (non-hydrogen) atoms. The van der Waals surface area contributed by atoms with Gasteiger partial charge in [0.25, 0.3) is 0 Å². The summed E-state index contributed by atoms with van der Waals surface area (Å²) >= 11 is 0. The Labute approximate surface area is 134 Å². The minimum atomic E-state index is -1.41. The molecule has 1 heteroatoms. The van der Waals surface area contributed by atoms with Crippen LogP contribution in [0.2, 0.25) is 0 Å². The molecule has 0 nitrogen and oxygen atoms in total. The van der Waals surface area contributed by atoms with Crippen LogP contribution in [0.1, 0.15) is 53.4 Å². The van der Waals surface area contributed by atoms with Crippen LogP contribution in [0.3, 0.4) is 0 Å². The molecule has 0 rings (SSSR count). The highest BCUT2D eigenvalue weighted by molar-refractivity contribution is 7.79. The van der Waals surface area contributed by atoms with E-state index in [-0.39, 0.29) is 0 Å². The summed E-state index contributed by atoms with van der Waals surface area (Å²) in [4.78, 5) is 0. The third-order valence-corrected chi connectivity index (χ3v) is 12.0. The van der Waals surface area contributed by atoms with E-state index in [1.54, 1.807) is 0 Å².